The molecule has 7 nitrogen and oxygen atoms in total. The highest BCUT2D eigenvalue weighted by Gasteiger charge is 2.28. The molecule has 1 aromatic carbocycles. The van der Waals surface area contributed by atoms with Crippen molar-refractivity contribution < 1.29 is 19.5 Å². The summed E-state index contributed by atoms with van der Waals surface area (Å²) >= 11 is 0. The van der Waals surface area contributed by atoms with Crippen LogP contribution in [0.15, 0.2) is 24.3 Å². The highest BCUT2D eigenvalue weighted by Crippen LogP contribution is 2.18. The molecule has 1 aromatic rings. The molecule has 1 atom stereocenters. The number of rotatable bonds is 5. The van der Waals surface area contributed by atoms with Crippen LogP contribution in [-0.2, 0) is 4.79 Å². The third-order valence-electron chi connectivity index (χ3n) is 4.13. The summed E-state index contributed by atoms with van der Waals surface area (Å²) in [7, 11) is 0. The molecule has 0 aromatic heterocycles. The first-order valence-corrected chi connectivity index (χ1v) is 8.54. The van der Waals surface area contributed by atoms with Gasteiger partial charge in [0.25, 0.3) is 5.91 Å². The minimum atomic E-state index is -0.866. The number of carbonyl (C=O) groups excluding carboxylic acids is 2. The van der Waals surface area contributed by atoms with Crippen molar-refractivity contribution in [2.75, 3.05) is 25.0 Å². The molecule has 0 saturated carbocycles. The van der Waals surface area contributed by atoms with Gasteiger partial charge < -0.3 is 20.6 Å². The average molecular weight is 347 g/mol. The van der Waals surface area contributed by atoms with Crippen molar-refractivity contribution in [3.8, 4) is 0 Å². The maximum absolute atomic E-state index is 12.3. The minimum absolute atomic E-state index is 0.146. The van der Waals surface area contributed by atoms with Gasteiger partial charge in [0.1, 0.15) is 0 Å². The van der Waals surface area contributed by atoms with Gasteiger partial charge in [0.15, 0.2) is 0 Å². The van der Waals surface area contributed by atoms with E-state index in [1.807, 2.05) is 13.8 Å². The van der Waals surface area contributed by atoms with E-state index in [4.69, 9.17) is 5.11 Å². The summed E-state index contributed by atoms with van der Waals surface area (Å²) in [5, 5.41) is 14.7. The maximum atomic E-state index is 12.3. The summed E-state index contributed by atoms with van der Waals surface area (Å²) in [5.74, 6) is -1.14. The number of nitrogens with zero attached hydrogens (tertiary/aromatic N) is 1. The van der Waals surface area contributed by atoms with Crippen LogP contribution in [0.2, 0.25) is 0 Å². The first-order chi connectivity index (χ1) is 11.9. The second-order valence-electron chi connectivity index (χ2n) is 6.73. The van der Waals surface area contributed by atoms with Crippen LogP contribution >= 0.6 is 0 Å². The Morgan fingerprint density at radius 3 is 2.52 bits per heavy atom. The number of carboxylic acid groups (broad SMARTS) is 1. The summed E-state index contributed by atoms with van der Waals surface area (Å²) in [5.41, 5.74) is 1.10. The standard InChI is InChI=1S/C18H25N3O4/c1-12(2)10-19-16(22)13-5-7-15(8-6-13)20-18(25)21-9-3-4-14(11-21)17(23)24/h5-8,12,14H,3-4,9-11H2,1-2H3,(H,19,22)(H,20,25)(H,23,24). The van der Waals surface area contributed by atoms with E-state index in [0.717, 1.165) is 0 Å². The molecule has 1 heterocycles. The third kappa shape index (κ3) is 5.48. The number of aliphatic carboxylic acids is 1. The van der Waals surface area contributed by atoms with Crippen LogP contribution < -0.4 is 10.6 Å². The van der Waals surface area contributed by atoms with Crippen molar-refractivity contribution in [2.24, 2.45) is 11.8 Å². The fraction of sp³-hybridized carbons (Fsp3) is 0.500. The van der Waals surface area contributed by atoms with Crippen molar-refractivity contribution in [3.05, 3.63) is 29.8 Å². The number of anilines is 1. The van der Waals surface area contributed by atoms with E-state index in [2.05, 4.69) is 10.6 Å². The number of urea groups is 1. The van der Waals surface area contributed by atoms with Crippen LogP contribution in [0.3, 0.4) is 0 Å². The first kappa shape index (κ1) is 18.8. The number of carbonyl (C=O) groups is 3. The fourth-order valence-electron chi connectivity index (χ4n) is 2.67. The normalized spacial score (nSPS) is 17.2. The lowest BCUT2D eigenvalue weighted by molar-refractivity contribution is -0.143. The molecule has 0 aliphatic carbocycles. The summed E-state index contributed by atoms with van der Waals surface area (Å²) in [6, 6.07) is 6.33. The van der Waals surface area contributed by atoms with Crippen molar-refractivity contribution in [3.63, 3.8) is 0 Å². The number of nitrogens with one attached hydrogen (secondary N) is 2. The molecule has 7 heteroatoms. The van der Waals surface area contributed by atoms with E-state index in [0.29, 0.717) is 43.1 Å². The molecule has 136 valence electrons. The SMILES string of the molecule is CC(C)CNC(=O)c1ccc(NC(=O)N2CCCC(C(=O)O)C2)cc1. The van der Waals surface area contributed by atoms with Crippen LogP contribution in [0.1, 0.15) is 37.0 Å². The lowest BCUT2D eigenvalue weighted by atomic mass is 9.99. The van der Waals surface area contributed by atoms with Gasteiger partial charge in [-0.1, -0.05) is 13.8 Å². The van der Waals surface area contributed by atoms with Crippen LogP contribution in [0.25, 0.3) is 0 Å². The quantitative estimate of drug-likeness (QED) is 0.761. The van der Waals surface area contributed by atoms with Gasteiger partial charge in [0, 0.05) is 30.9 Å². The Morgan fingerprint density at radius 2 is 1.92 bits per heavy atom. The molecule has 3 amide bonds. The largest absolute Gasteiger partial charge is 0.481 e. The van der Waals surface area contributed by atoms with Crippen molar-refractivity contribution in [2.45, 2.75) is 26.7 Å². The molecule has 25 heavy (non-hydrogen) atoms. The lowest BCUT2D eigenvalue weighted by Gasteiger charge is -2.30. The molecular formula is C18H25N3O4. The molecule has 0 bridgehead atoms. The number of hydrogen-bond donors (Lipinski definition) is 3. The van der Waals surface area contributed by atoms with Gasteiger partial charge >= 0.3 is 12.0 Å². The first-order valence-electron chi connectivity index (χ1n) is 8.54. The number of amides is 3. The number of hydrogen-bond acceptors (Lipinski definition) is 3. The summed E-state index contributed by atoms with van der Waals surface area (Å²) in [6.07, 6.45) is 1.28. The molecule has 2 rings (SSSR count). The monoisotopic (exact) mass is 347 g/mol. The van der Waals surface area contributed by atoms with E-state index in [1.54, 1.807) is 24.3 Å². The zero-order chi connectivity index (χ0) is 18.4. The average Bonchev–Trinajstić information content (AvgIpc) is 2.60. The second kappa shape index (κ2) is 8.50. The Hall–Kier alpha value is -2.57. The topological polar surface area (TPSA) is 98.7 Å². The van der Waals surface area contributed by atoms with Gasteiger partial charge in [-0.3, -0.25) is 9.59 Å². The van der Waals surface area contributed by atoms with Gasteiger partial charge in [-0.25, -0.2) is 4.79 Å². The van der Waals surface area contributed by atoms with E-state index in [-0.39, 0.29) is 18.5 Å². The molecule has 1 saturated heterocycles. The molecule has 1 fully saturated rings. The molecule has 0 spiro atoms. The lowest BCUT2D eigenvalue weighted by Crippen LogP contribution is -2.44. The Labute approximate surface area is 147 Å². The highest BCUT2D eigenvalue weighted by molar-refractivity contribution is 5.95. The summed E-state index contributed by atoms with van der Waals surface area (Å²) in [6.45, 7) is 5.42. The molecule has 1 unspecified atom stereocenters. The molecule has 1 aliphatic rings. The van der Waals surface area contributed by atoms with Gasteiger partial charge in [0.2, 0.25) is 0 Å². The Balaban J connectivity index is 1.91. The molecule has 3 N–H and O–H groups in total. The van der Waals surface area contributed by atoms with Crippen molar-refractivity contribution >= 4 is 23.6 Å². The molecular weight excluding hydrogens is 322 g/mol. The third-order valence-corrected chi connectivity index (χ3v) is 4.13. The van der Waals surface area contributed by atoms with E-state index >= 15 is 0 Å². The molecule has 1 aliphatic heterocycles. The minimum Gasteiger partial charge on any atom is -0.481 e. The van der Waals surface area contributed by atoms with Crippen LogP contribution in [0.5, 0.6) is 0 Å². The zero-order valence-electron chi connectivity index (χ0n) is 14.6. The van der Waals surface area contributed by atoms with Crippen molar-refractivity contribution in [1.29, 1.82) is 0 Å². The second-order valence-corrected chi connectivity index (χ2v) is 6.73. The van der Waals surface area contributed by atoms with Gasteiger partial charge in [-0.15, -0.1) is 0 Å². The van der Waals surface area contributed by atoms with Crippen LogP contribution in [0.4, 0.5) is 10.5 Å². The molecule has 0 radical (unpaired) electrons. The summed E-state index contributed by atoms with van der Waals surface area (Å²) < 4.78 is 0. The van der Waals surface area contributed by atoms with Crippen LogP contribution in [0, 0.1) is 11.8 Å². The predicted octanol–water partition coefficient (Wildman–Crippen LogP) is 2.40. The Morgan fingerprint density at radius 1 is 1.24 bits per heavy atom. The highest BCUT2D eigenvalue weighted by atomic mass is 16.4. The Bertz CT molecular complexity index is 628. The smallest absolute Gasteiger partial charge is 0.321 e. The van der Waals surface area contributed by atoms with Crippen molar-refractivity contribution in [1.82, 2.24) is 10.2 Å². The number of carboxylic acids is 1. The van der Waals surface area contributed by atoms with E-state index < -0.39 is 11.9 Å². The maximum Gasteiger partial charge on any atom is 0.321 e. The van der Waals surface area contributed by atoms with Gasteiger partial charge in [0.05, 0.1) is 5.92 Å². The van der Waals surface area contributed by atoms with Gasteiger partial charge in [-0.2, -0.15) is 0 Å². The summed E-state index contributed by atoms with van der Waals surface area (Å²) in [4.78, 5) is 36.8. The van der Waals surface area contributed by atoms with Gasteiger partial charge in [-0.05, 0) is 43.0 Å². The number of likely N-dealkylation sites (tertiary alicyclic amines) is 1. The number of benzene rings is 1. The van der Waals surface area contributed by atoms with E-state index in [1.165, 1.54) is 4.90 Å². The van der Waals surface area contributed by atoms with E-state index in [9.17, 15) is 14.4 Å². The predicted molar refractivity (Wildman–Crippen MR) is 94.6 cm³/mol. The number of piperidine rings is 1. The Kier molecular flexibility index (Phi) is 6.38. The van der Waals surface area contributed by atoms with Crippen LogP contribution in [-0.4, -0.2) is 47.5 Å². The fourth-order valence-corrected chi connectivity index (χ4v) is 2.67. The zero-order valence-corrected chi connectivity index (χ0v) is 14.6.